The normalized spacial score (nSPS) is 25.6. The van der Waals surface area contributed by atoms with Gasteiger partial charge in [-0.15, -0.1) is 0 Å². The van der Waals surface area contributed by atoms with Gasteiger partial charge in [-0.05, 0) is 62.5 Å². The Morgan fingerprint density at radius 1 is 1.15 bits per heavy atom. The van der Waals surface area contributed by atoms with E-state index >= 15 is 0 Å². The van der Waals surface area contributed by atoms with Crippen molar-refractivity contribution in [3.8, 4) is 5.75 Å². The topological polar surface area (TPSA) is 68.3 Å². The van der Waals surface area contributed by atoms with E-state index in [9.17, 15) is 9.90 Å². The number of anilines is 1. The van der Waals surface area contributed by atoms with Crippen LogP contribution in [0.2, 0.25) is 0 Å². The molecule has 2 aliphatic heterocycles. The Morgan fingerprint density at radius 3 is 2.48 bits per heavy atom. The maximum Gasteiger partial charge on any atom is 0.321 e. The van der Waals surface area contributed by atoms with Crippen LogP contribution in [-0.4, -0.2) is 91.4 Å². The standard InChI is InChI=1S/C25H33BrN4O3/c1-28(2)15-22-24(17-4-6-18(26)7-5-17)23-16-29(14-20(31)12-13-30(22)23)25(32)27-19-8-10-21(33-3)11-9-19/h4-11,20,22-24,31H,12-16H2,1-3H3,(H,27,32)/t20-,22+,23+,24-/m1/s1. The lowest BCUT2D eigenvalue weighted by Crippen LogP contribution is -2.69. The van der Waals surface area contributed by atoms with Crippen LogP contribution in [0.5, 0.6) is 5.75 Å². The third-order valence-electron chi connectivity index (χ3n) is 6.68. The number of ether oxygens (including phenoxy) is 1. The number of carbonyl (C=O) groups excluding carboxylic acids is 1. The molecule has 7 nitrogen and oxygen atoms in total. The summed E-state index contributed by atoms with van der Waals surface area (Å²) >= 11 is 3.54. The maximum absolute atomic E-state index is 13.2. The Bertz CT molecular complexity index is 938. The van der Waals surface area contributed by atoms with Crippen molar-refractivity contribution in [3.63, 3.8) is 0 Å². The highest BCUT2D eigenvalue weighted by atomic mass is 79.9. The number of nitrogens with one attached hydrogen (secondary N) is 1. The molecule has 2 aromatic rings. The number of rotatable bonds is 5. The third kappa shape index (κ3) is 5.51. The predicted molar refractivity (Wildman–Crippen MR) is 134 cm³/mol. The number of aliphatic hydroxyl groups is 1. The number of methoxy groups -OCH3 is 1. The molecule has 8 heteroatoms. The fourth-order valence-electron chi connectivity index (χ4n) is 5.07. The second-order valence-electron chi connectivity index (χ2n) is 9.22. The minimum Gasteiger partial charge on any atom is -0.497 e. The van der Waals surface area contributed by atoms with Crippen molar-refractivity contribution >= 4 is 27.6 Å². The number of carbonyl (C=O) groups is 1. The lowest BCUT2D eigenvalue weighted by atomic mass is 9.73. The van der Waals surface area contributed by atoms with Gasteiger partial charge < -0.3 is 25.0 Å². The summed E-state index contributed by atoms with van der Waals surface area (Å²) in [5.41, 5.74) is 2.00. The van der Waals surface area contributed by atoms with Crippen molar-refractivity contribution in [2.45, 2.75) is 30.5 Å². The molecule has 0 radical (unpaired) electrons. The zero-order valence-corrected chi connectivity index (χ0v) is 21.0. The first-order valence-electron chi connectivity index (χ1n) is 11.4. The smallest absolute Gasteiger partial charge is 0.321 e. The second kappa shape index (κ2) is 10.4. The number of amides is 2. The Kier molecular flexibility index (Phi) is 7.58. The monoisotopic (exact) mass is 516 g/mol. The van der Waals surface area contributed by atoms with E-state index in [1.807, 2.05) is 24.3 Å². The minimum atomic E-state index is -0.542. The first-order chi connectivity index (χ1) is 15.9. The highest BCUT2D eigenvalue weighted by Gasteiger charge is 2.50. The first-order valence-corrected chi connectivity index (χ1v) is 12.2. The van der Waals surface area contributed by atoms with Crippen molar-refractivity contribution in [1.82, 2.24) is 14.7 Å². The molecule has 2 amide bonds. The zero-order valence-electron chi connectivity index (χ0n) is 19.4. The van der Waals surface area contributed by atoms with Gasteiger partial charge in [-0.1, -0.05) is 28.1 Å². The summed E-state index contributed by atoms with van der Waals surface area (Å²) in [4.78, 5) is 19.7. The summed E-state index contributed by atoms with van der Waals surface area (Å²) in [5, 5.41) is 13.6. The van der Waals surface area contributed by atoms with E-state index in [1.54, 1.807) is 12.0 Å². The maximum atomic E-state index is 13.2. The number of likely N-dealkylation sites (N-methyl/N-ethyl adjacent to an activating group) is 1. The molecular weight excluding hydrogens is 484 g/mol. The first kappa shape index (κ1) is 24.0. The Balaban J connectivity index is 1.55. The number of β-amino-alcohol motifs (C(OH)–C–C–N with tert-alkyl or cyclic N) is 1. The molecule has 2 saturated heterocycles. The predicted octanol–water partition coefficient (Wildman–Crippen LogP) is 3.45. The number of nitrogens with zero attached hydrogens (tertiary/aromatic N) is 3. The molecular formula is C25H33BrN4O3. The molecule has 2 fully saturated rings. The van der Waals surface area contributed by atoms with Crippen LogP contribution in [0.4, 0.5) is 10.5 Å². The lowest BCUT2D eigenvalue weighted by Gasteiger charge is -2.58. The number of hydrogen-bond donors (Lipinski definition) is 2. The van der Waals surface area contributed by atoms with Crippen LogP contribution in [0.25, 0.3) is 0 Å². The molecule has 4 rings (SSSR count). The summed E-state index contributed by atoms with van der Waals surface area (Å²) in [6.45, 7) is 2.68. The van der Waals surface area contributed by atoms with Crippen LogP contribution in [0.3, 0.4) is 0 Å². The third-order valence-corrected chi connectivity index (χ3v) is 7.20. The van der Waals surface area contributed by atoms with Crippen LogP contribution >= 0.6 is 15.9 Å². The fourth-order valence-corrected chi connectivity index (χ4v) is 5.34. The van der Waals surface area contributed by atoms with Crippen molar-refractivity contribution in [2.75, 3.05) is 52.7 Å². The van der Waals surface area contributed by atoms with Gasteiger partial charge in [0.1, 0.15) is 5.75 Å². The van der Waals surface area contributed by atoms with Gasteiger partial charge in [-0.25, -0.2) is 4.79 Å². The molecule has 2 heterocycles. The van der Waals surface area contributed by atoms with E-state index in [-0.39, 0.29) is 12.1 Å². The molecule has 0 unspecified atom stereocenters. The van der Waals surface area contributed by atoms with Crippen LogP contribution in [-0.2, 0) is 0 Å². The molecule has 33 heavy (non-hydrogen) atoms. The summed E-state index contributed by atoms with van der Waals surface area (Å²) in [6, 6.07) is 16.2. The number of benzene rings is 2. The van der Waals surface area contributed by atoms with Gasteiger partial charge in [-0.3, -0.25) is 4.90 Å². The summed E-state index contributed by atoms with van der Waals surface area (Å²) in [7, 11) is 5.81. The van der Waals surface area contributed by atoms with Crippen LogP contribution < -0.4 is 10.1 Å². The molecule has 0 aliphatic carbocycles. The second-order valence-corrected chi connectivity index (χ2v) is 10.1. The molecule has 0 aromatic heterocycles. The molecule has 178 valence electrons. The number of urea groups is 1. The van der Waals surface area contributed by atoms with Gasteiger partial charge in [0.25, 0.3) is 0 Å². The van der Waals surface area contributed by atoms with E-state index in [4.69, 9.17) is 4.74 Å². The number of hydrogen-bond acceptors (Lipinski definition) is 5. The Labute approximate surface area is 204 Å². The SMILES string of the molecule is COc1ccc(NC(=O)N2C[C@H](O)CCN3[C@@H](CN(C)C)[C@@H](c4ccc(Br)cc4)[C@@H]3C2)cc1. The molecule has 2 aliphatic rings. The van der Waals surface area contributed by atoms with E-state index in [0.29, 0.717) is 37.2 Å². The Morgan fingerprint density at radius 2 is 1.85 bits per heavy atom. The van der Waals surface area contributed by atoms with Crippen LogP contribution in [0, 0.1) is 0 Å². The lowest BCUT2D eigenvalue weighted by molar-refractivity contribution is -0.0605. The average Bonchev–Trinajstić information content (AvgIpc) is 2.78. The van der Waals surface area contributed by atoms with E-state index < -0.39 is 6.10 Å². The fraction of sp³-hybridized carbons (Fsp3) is 0.480. The van der Waals surface area contributed by atoms with Crippen molar-refractivity contribution < 1.29 is 14.6 Å². The molecule has 2 N–H and O–H groups in total. The van der Waals surface area contributed by atoms with Gasteiger partial charge in [0, 0.05) is 54.3 Å². The largest absolute Gasteiger partial charge is 0.497 e. The van der Waals surface area contributed by atoms with Gasteiger partial charge in [0.15, 0.2) is 0 Å². The molecule has 2 aromatic carbocycles. The molecule has 0 saturated carbocycles. The molecule has 4 atom stereocenters. The summed E-state index contributed by atoms with van der Waals surface area (Å²) in [6.07, 6.45) is 0.110. The van der Waals surface area contributed by atoms with Crippen LogP contribution in [0.15, 0.2) is 53.0 Å². The highest BCUT2D eigenvalue weighted by molar-refractivity contribution is 9.10. The quantitative estimate of drug-likeness (QED) is 0.636. The van der Waals surface area contributed by atoms with Gasteiger partial charge in [-0.2, -0.15) is 0 Å². The number of fused-ring (bicyclic) bond motifs is 1. The molecule has 0 bridgehead atoms. The highest BCUT2D eigenvalue weighted by Crippen LogP contribution is 2.42. The Hall–Kier alpha value is -2.13. The average molecular weight is 517 g/mol. The van der Waals surface area contributed by atoms with Gasteiger partial charge in [0.05, 0.1) is 13.2 Å². The van der Waals surface area contributed by atoms with E-state index in [2.05, 4.69) is 69.4 Å². The van der Waals surface area contributed by atoms with Gasteiger partial charge >= 0.3 is 6.03 Å². The number of aliphatic hydroxyl groups excluding tert-OH is 1. The van der Waals surface area contributed by atoms with Crippen LogP contribution in [0.1, 0.15) is 17.9 Å². The van der Waals surface area contributed by atoms with E-state index in [1.165, 1.54) is 5.56 Å². The van der Waals surface area contributed by atoms with E-state index in [0.717, 1.165) is 23.3 Å². The van der Waals surface area contributed by atoms with Crippen molar-refractivity contribution in [3.05, 3.63) is 58.6 Å². The zero-order chi connectivity index (χ0) is 23.5. The number of halogens is 1. The van der Waals surface area contributed by atoms with Gasteiger partial charge in [0.2, 0.25) is 0 Å². The summed E-state index contributed by atoms with van der Waals surface area (Å²) in [5.74, 6) is 1.07. The minimum absolute atomic E-state index is 0.188. The summed E-state index contributed by atoms with van der Waals surface area (Å²) < 4.78 is 6.26. The van der Waals surface area contributed by atoms with Crippen molar-refractivity contribution in [2.24, 2.45) is 0 Å². The van der Waals surface area contributed by atoms with Crippen molar-refractivity contribution in [1.29, 1.82) is 0 Å². The molecule has 0 spiro atoms.